The average Bonchev–Trinajstić information content (AvgIpc) is 3.09. The van der Waals surface area contributed by atoms with Gasteiger partial charge in [0.1, 0.15) is 10.3 Å². The molecule has 0 atom stereocenters. The van der Waals surface area contributed by atoms with Crippen LogP contribution in [0.5, 0.6) is 0 Å². The first kappa shape index (κ1) is 12.4. The molecule has 0 bridgehead atoms. The van der Waals surface area contributed by atoms with Gasteiger partial charge in [0.2, 0.25) is 5.89 Å². The zero-order chi connectivity index (χ0) is 13.4. The molecule has 2 aromatic rings. The molecule has 0 aromatic carbocycles. The van der Waals surface area contributed by atoms with Crippen molar-refractivity contribution in [2.75, 3.05) is 5.32 Å². The van der Waals surface area contributed by atoms with Crippen LogP contribution in [0.3, 0.4) is 0 Å². The first-order valence-corrected chi connectivity index (χ1v) is 6.35. The normalized spacial score (nSPS) is 14.4. The van der Waals surface area contributed by atoms with Crippen LogP contribution >= 0.6 is 23.2 Å². The predicted molar refractivity (Wildman–Crippen MR) is 68.5 cm³/mol. The Labute approximate surface area is 118 Å². The third kappa shape index (κ3) is 2.85. The van der Waals surface area contributed by atoms with Crippen LogP contribution in [0.25, 0.3) is 0 Å². The minimum absolute atomic E-state index is 0.0657. The highest BCUT2D eigenvalue weighted by atomic mass is 35.5. The van der Waals surface area contributed by atoms with Gasteiger partial charge in [-0.15, -0.1) is 5.10 Å². The fourth-order valence-corrected chi connectivity index (χ4v) is 2.01. The van der Waals surface area contributed by atoms with Gasteiger partial charge in [0, 0.05) is 11.5 Å². The van der Waals surface area contributed by atoms with E-state index >= 15 is 0 Å². The lowest BCUT2D eigenvalue weighted by Gasteiger charge is -2.01. The van der Waals surface area contributed by atoms with Crippen molar-refractivity contribution >= 4 is 35.1 Å². The van der Waals surface area contributed by atoms with E-state index in [4.69, 9.17) is 27.6 Å². The first-order valence-electron chi connectivity index (χ1n) is 5.59. The number of nitrogens with zero attached hydrogens (tertiary/aromatic N) is 3. The monoisotopic (exact) mass is 298 g/mol. The van der Waals surface area contributed by atoms with Crippen LogP contribution in [0.1, 0.15) is 35.0 Å². The number of carbonyl (C=O) groups excluding carboxylic acids is 1. The van der Waals surface area contributed by atoms with Crippen LogP contribution in [0.2, 0.25) is 10.3 Å². The van der Waals surface area contributed by atoms with E-state index in [1.807, 2.05) is 0 Å². The summed E-state index contributed by atoms with van der Waals surface area (Å²) in [6.07, 6.45) is 2.09. The van der Waals surface area contributed by atoms with Gasteiger partial charge in [0.15, 0.2) is 0 Å². The van der Waals surface area contributed by atoms with Crippen molar-refractivity contribution in [2.24, 2.45) is 0 Å². The van der Waals surface area contributed by atoms with E-state index in [1.165, 1.54) is 12.1 Å². The Morgan fingerprint density at radius 2 is 1.95 bits per heavy atom. The highest BCUT2D eigenvalue weighted by molar-refractivity contribution is 6.33. The van der Waals surface area contributed by atoms with E-state index < -0.39 is 5.91 Å². The molecule has 98 valence electrons. The number of amides is 1. The Kier molecular flexibility index (Phi) is 3.12. The van der Waals surface area contributed by atoms with E-state index in [2.05, 4.69) is 20.5 Å². The summed E-state index contributed by atoms with van der Waals surface area (Å²) in [6.45, 7) is 0. The second-order valence-corrected chi connectivity index (χ2v) is 4.95. The molecule has 0 saturated heterocycles. The number of pyridine rings is 1. The second-order valence-electron chi connectivity index (χ2n) is 4.18. The first-order chi connectivity index (χ1) is 9.11. The average molecular weight is 299 g/mol. The third-order valence-electron chi connectivity index (χ3n) is 2.61. The van der Waals surface area contributed by atoms with Crippen molar-refractivity contribution in [1.29, 1.82) is 0 Å². The van der Waals surface area contributed by atoms with E-state index in [1.54, 1.807) is 0 Å². The molecule has 8 heteroatoms. The van der Waals surface area contributed by atoms with Crippen molar-refractivity contribution in [1.82, 2.24) is 15.2 Å². The third-order valence-corrected chi connectivity index (χ3v) is 3.00. The second kappa shape index (κ2) is 4.79. The number of hydrogen-bond donors (Lipinski definition) is 1. The van der Waals surface area contributed by atoms with Crippen molar-refractivity contribution in [3.8, 4) is 0 Å². The maximum Gasteiger partial charge on any atom is 0.322 e. The van der Waals surface area contributed by atoms with Crippen molar-refractivity contribution in [3.05, 3.63) is 33.9 Å². The Bertz CT molecular complexity index is 619. The van der Waals surface area contributed by atoms with Crippen LogP contribution < -0.4 is 5.32 Å². The Balaban J connectivity index is 1.75. The minimum Gasteiger partial charge on any atom is -0.408 e. The summed E-state index contributed by atoms with van der Waals surface area (Å²) in [6, 6.07) is 2.87. The van der Waals surface area contributed by atoms with Crippen LogP contribution in [0, 0.1) is 0 Å². The van der Waals surface area contributed by atoms with Crippen molar-refractivity contribution in [2.45, 2.75) is 18.8 Å². The summed E-state index contributed by atoms with van der Waals surface area (Å²) in [5.74, 6) is 0.459. The van der Waals surface area contributed by atoms with E-state index in [0.29, 0.717) is 11.8 Å². The van der Waals surface area contributed by atoms with Gasteiger partial charge in [-0.05, 0) is 25.0 Å². The summed E-state index contributed by atoms with van der Waals surface area (Å²) in [7, 11) is 0. The fraction of sp³-hybridized carbons (Fsp3) is 0.273. The molecule has 1 N–H and O–H groups in total. The van der Waals surface area contributed by atoms with E-state index in [-0.39, 0.29) is 21.9 Å². The molecule has 0 unspecified atom stereocenters. The van der Waals surface area contributed by atoms with Crippen molar-refractivity contribution < 1.29 is 9.21 Å². The SMILES string of the molecule is O=C(Nc1nnc(C2CC2)o1)c1cc(Cl)nc(Cl)c1. The van der Waals surface area contributed by atoms with Crippen LogP contribution in [-0.2, 0) is 0 Å². The van der Waals surface area contributed by atoms with Gasteiger partial charge in [0.05, 0.1) is 0 Å². The molecule has 1 aliphatic rings. The van der Waals surface area contributed by atoms with Gasteiger partial charge in [-0.3, -0.25) is 10.1 Å². The van der Waals surface area contributed by atoms with Gasteiger partial charge >= 0.3 is 6.01 Å². The van der Waals surface area contributed by atoms with E-state index in [9.17, 15) is 4.79 Å². The summed E-state index contributed by atoms with van der Waals surface area (Å²) >= 11 is 11.4. The Morgan fingerprint density at radius 3 is 2.58 bits per heavy atom. The van der Waals surface area contributed by atoms with Crippen LogP contribution in [0.15, 0.2) is 16.5 Å². The molecule has 2 aromatic heterocycles. The molecule has 2 heterocycles. The molecule has 1 aliphatic carbocycles. The molecule has 19 heavy (non-hydrogen) atoms. The molecule has 0 aliphatic heterocycles. The molecule has 0 radical (unpaired) electrons. The topological polar surface area (TPSA) is 80.9 Å². The summed E-state index contributed by atoms with van der Waals surface area (Å²) < 4.78 is 5.32. The Hall–Kier alpha value is -1.66. The molecule has 6 nitrogen and oxygen atoms in total. The Morgan fingerprint density at radius 1 is 1.26 bits per heavy atom. The standard InChI is InChI=1S/C11H8Cl2N4O2/c12-7-3-6(4-8(13)14-7)9(18)15-11-17-16-10(19-11)5-1-2-5/h3-5H,1-2H2,(H,15,17,18). The molecule has 1 fully saturated rings. The number of halogens is 2. The zero-order valence-corrected chi connectivity index (χ0v) is 11.1. The number of hydrogen-bond acceptors (Lipinski definition) is 5. The molecule has 1 saturated carbocycles. The molecular weight excluding hydrogens is 291 g/mol. The fourth-order valence-electron chi connectivity index (χ4n) is 1.55. The molecule has 3 rings (SSSR count). The molecular formula is C11H8Cl2N4O2. The largest absolute Gasteiger partial charge is 0.408 e. The van der Waals surface area contributed by atoms with Crippen LogP contribution in [0.4, 0.5) is 6.01 Å². The predicted octanol–water partition coefficient (Wildman–Crippen LogP) is 2.90. The molecule has 0 spiro atoms. The summed E-state index contributed by atoms with van der Waals surface area (Å²) in [5, 5.41) is 10.4. The van der Waals surface area contributed by atoms with Gasteiger partial charge in [-0.1, -0.05) is 28.3 Å². The van der Waals surface area contributed by atoms with Gasteiger partial charge in [0.25, 0.3) is 5.91 Å². The van der Waals surface area contributed by atoms with Gasteiger partial charge < -0.3 is 4.42 Å². The highest BCUT2D eigenvalue weighted by Crippen LogP contribution is 2.39. The van der Waals surface area contributed by atoms with Crippen molar-refractivity contribution in [3.63, 3.8) is 0 Å². The number of rotatable bonds is 3. The van der Waals surface area contributed by atoms with E-state index in [0.717, 1.165) is 12.8 Å². The quantitative estimate of drug-likeness (QED) is 0.881. The highest BCUT2D eigenvalue weighted by Gasteiger charge is 2.29. The number of carbonyl (C=O) groups is 1. The minimum atomic E-state index is -0.433. The lowest BCUT2D eigenvalue weighted by molar-refractivity contribution is 0.102. The van der Waals surface area contributed by atoms with Gasteiger partial charge in [-0.25, -0.2) is 4.98 Å². The maximum atomic E-state index is 11.9. The smallest absolute Gasteiger partial charge is 0.322 e. The number of nitrogens with one attached hydrogen (secondary N) is 1. The summed E-state index contributed by atoms with van der Waals surface area (Å²) in [4.78, 5) is 15.7. The van der Waals surface area contributed by atoms with Crippen LogP contribution in [-0.4, -0.2) is 21.1 Å². The lowest BCUT2D eigenvalue weighted by Crippen LogP contribution is -2.12. The zero-order valence-electron chi connectivity index (χ0n) is 9.56. The van der Waals surface area contributed by atoms with Gasteiger partial charge in [-0.2, -0.15) is 0 Å². The molecule has 1 amide bonds. The summed E-state index contributed by atoms with van der Waals surface area (Å²) in [5.41, 5.74) is 0.274. The number of anilines is 1. The lowest BCUT2D eigenvalue weighted by atomic mass is 10.2. The maximum absolute atomic E-state index is 11.9. The number of aromatic nitrogens is 3.